The molecule has 0 unspecified atom stereocenters. The lowest BCUT2D eigenvalue weighted by Crippen LogP contribution is -2.13. The van der Waals surface area contributed by atoms with E-state index < -0.39 is 12.4 Å². The fraction of sp³-hybridized carbons (Fsp3) is 0.455. The molecule has 6 heteroatoms. The Balaban J connectivity index is 3.02. The Morgan fingerprint density at radius 2 is 2.29 bits per heavy atom. The molecule has 0 saturated heterocycles. The zero-order chi connectivity index (χ0) is 12.8. The second kappa shape index (κ2) is 6.24. The lowest BCUT2D eigenvalue weighted by Gasteiger charge is -2.11. The van der Waals surface area contributed by atoms with E-state index >= 15 is 0 Å². The highest BCUT2D eigenvalue weighted by Gasteiger charge is 2.20. The number of aromatic nitrogens is 1. The van der Waals surface area contributed by atoms with E-state index in [0.29, 0.717) is 5.56 Å². The molecule has 1 aromatic heterocycles. The number of hydrogen-bond donors (Lipinski definition) is 1. The molecular formula is C11H14F2N2O2. The summed E-state index contributed by atoms with van der Waals surface area (Å²) in [5.74, 6) is -0.573. The molecule has 0 radical (unpaired) electrons. The summed E-state index contributed by atoms with van der Waals surface area (Å²) in [7, 11) is 0. The second-order valence-electron chi connectivity index (χ2n) is 3.32. The first kappa shape index (κ1) is 13.5. The minimum atomic E-state index is -2.70. The number of halogens is 2. The number of nitrogens with two attached hydrogens (primary N) is 1. The maximum atomic E-state index is 12.9. The van der Waals surface area contributed by atoms with Gasteiger partial charge in [0.05, 0.1) is 18.7 Å². The van der Waals surface area contributed by atoms with Crippen LogP contribution in [0.1, 0.15) is 30.2 Å². The quantitative estimate of drug-likeness (QED) is 0.799. The monoisotopic (exact) mass is 244 g/mol. The largest absolute Gasteiger partial charge is 0.466 e. The van der Waals surface area contributed by atoms with Gasteiger partial charge in [0.25, 0.3) is 6.43 Å². The van der Waals surface area contributed by atoms with Crippen LogP contribution in [-0.4, -0.2) is 17.6 Å². The number of ether oxygens (including phenoxy) is 1. The Kier molecular flexibility index (Phi) is 4.96. The van der Waals surface area contributed by atoms with Crippen molar-refractivity contribution in [1.82, 2.24) is 4.98 Å². The van der Waals surface area contributed by atoms with E-state index in [4.69, 9.17) is 10.5 Å². The maximum absolute atomic E-state index is 12.9. The molecule has 1 aromatic rings. The van der Waals surface area contributed by atoms with E-state index in [0.717, 1.165) is 0 Å². The number of nitrogens with zero attached hydrogens (tertiary/aromatic N) is 1. The molecule has 1 heterocycles. The van der Waals surface area contributed by atoms with Gasteiger partial charge in [-0.25, -0.2) is 8.78 Å². The highest BCUT2D eigenvalue weighted by molar-refractivity contribution is 5.72. The van der Waals surface area contributed by atoms with Crippen molar-refractivity contribution in [2.45, 2.75) is 26.3 Å². The molecule has 0 saturated carbocycles. The van der Waals surface area contributed by atoms with Crippen molar-refractivity contribution in [2.75, 3.05) is 6.61 Å². The van der Waals surface area contributed by atoms with Gasteiger partial charge in [0.2, 0.25) is 0 Å². The number of pyridine rings is 1. The fourth-order valence-electron chi connectivity index (χ4n) is 1.50. The van der Waals surface area contributed by atoms with Gasteiger partial charge in [0.1, 0.15) is 0 Å². The zero-order valence-corrected chi connectivity index (χ0v) is 9.45. The van der Waals surface area contributed by atoms with Gasteiger partial charge in [-0.3, -0.25) is 9.78 Å². The number of esters is 1. The van der Waals surface area contributed by atoms with Gasteiger partial charge >= 0.3 is 5.97 Å². The predicted molar refractivity (Wildman–Crippen MR) is 57.4 cm³/mol. The van der Waals surface area contributed by atoms with Crippen molar-refractivity contribution in [2.24, 2.45) is 5.73 Å². The van der Waals surface area contributed by atoms with Gasteiger partial charge in [-0.15, -0.1) is 0 Å². The van der Waals surface area contributed by atoms with Crippen LogP contribution in [0.25, 0.3) is 0 Å². The Labute approximate surface area is 97.8 Å². The molecule has 17 heavy (non-hydrogen) atoms. The molecule has 0 aliphatic heterocycles. The van der Waals surface area contributed by atoms with Gasteiger partial charge in [0, 0.05) is 18.3 Å². The molecule has 0 aliphatic rings. The molecule has 94 valence electrons. The molecule has 0 spiro atoms. The Bertz CT molecular complexity index is 397. The van der Waals surface area contributed by atoms with Crippen LogP contribution in [-0.2, 0) is 22.5 Å². The molecule has 2 N–H and O–H groups in total. The number of carbonyl (C=O) groups is 1. The summed E-state index contributed by atoms with van der Waals surface area (Å²) in [6, 6.07) is 1.43. The molecule has 0 bridgehead atoms. The first-order valence-electron chi connectivity index (χ1n) is 5.20. The summed E-state index contributed by atoms with van der Waals surface area (Å²) < 4.78 is 30.4. The van der Waals surface area contributed by atoms with E-state index in [1.54, 1.807) is 6.92 Å². The first-order valence-corrected chi connectivity index (χ1v) is 5.20. The molecule has 1 rings (SSSR count). The number of alkyl halides is 2. The van der Waals surface area contributed by atoms with E-state index in [1.165, 1.54) is 12.3 Å². The summed E-state index contributed by atoms with van der Waals surface area (Å²) in [6.07, 6.45) is -1.60. The van der Waals surface area contributed by atoms with Crippen molar-refractivity contribution >= 4 is 5.97 Å². The third kappa shape index (κ3) is 3.45. The van der Waals surface area contributed by atoms with Crippen molar-refractivity contribution < 1.29 is 18.3 Å². The standard InChI is InChI=1S/C11H14F2N2O2/c1-2-17-9(16)5-8-10(11(12)13)7(6-14)3-4-15-8/h3-4,11H,2,5-6,14H2,1H3. The van der Waals surface area contributed by atoms with Crippen LogP contribution < -0.4 is 5.73 Å². The normalized spacial score (nSPS) is 10.6. The van der Waals surface area contributed by atoms with E-state index in [-0.39, 0.29) is 30.8 Å². The topological polar surface area (TPSA) is 65.2 Å². The zero-order valence-electron chi connectivity index (χ0n) is 9.45. The van der Waals surface area contributed by atoms with Crippen molar-refractivity contribution in [3.63, 3.8) is 0 Å². The summed E-state index contributed by atoms with van der Waals surface area (Å²) in [5.41, 5.74) is 5.44. The van der Waals surface area contributed by atoms with Crippen LogP contribution >= 0.6 is 0 Å². The number of hydrogen-bond acceptors (Lipinski definition) is 4. The van der Waals surface area contributed by atoms with Crippen LogP contribution in [0.3, 0.4) is 0 Å². The molecule has 0 atom stereocenters. The minimum absolute atomic E-state index is 0.0159. The second-order valence-corrected chi connectivity index (χ2v) is 3.32. The van der Waals surface area contributed by atoms with Crippen molar-refractivity contribution in [3.05, 3.63) is 29.1 Å². The SMILES string of the molecule is CCOC(=O)Cc1nccc(CN)c1C(F)F. The third-order valence-corrected chi connectivity index (χ3v) is 2.22. The lowest BCUT2D eigenvalue weighted by atomic mass is 10.0. The smallest absolute Gasteiger partial charge is 0.311 e. The highest BCUT2D eigenvalue weighted by atomic mass is 19.3. The highest BCUT2D eigenvalue weighted by Crippen LogP contribution is 2.25. The Morgan fingerprint density at radius 3 is 2.82 bits per heavy atom. The van der Waals surface area contributed by atoms with Gasteiger partial charge in [0.15, 0.2) is 0 Å². The van der Waals surface area contributed by atoms with Crippen LogP contribution in [0.4, 0.5) is 8.78 Å². The summed E-state index contributed by atoms with van der Waals surface area (Å²) in [5, 5.41) is 0. The maximum Gasteiger partial charge on any atom is 0.311 e. The Hall–Kier alpha value is -1.56. The number of carbonyl (C=O) groups excluding carboxylic acids is 1. The summed E-state index contributed by atoms with van der Waals surface area (Å²) >= 11 is 0. The van der Waals surface area contributed by atoms with Gasteiger partial charge < -0.3 is 10.5 Å². The van der Waals surface area contributed by atoms with Crippen molar-refractivity contribution in [3.8, 4) is 0 Å². The minimum Gasteiger partial charge on any atom is -0.466 e. The third-order valence-electron chi connectivity index (χ3n) is 2.22. The fourth-order valence-corrected chi connectivity index (χ4v) is 1.50. The van der Waals surface area contributed by atoms with Crippen LogP contribution in [0, 0.1) is 0 Å². The summed E-state index contributed by atoms with van der Waals surface area (Å²) in [6.45, 7) is 1.84. The molecule has 0 aliphatic carbocycles. The molecule has 0 amide bonds. The molecule has 0 aromatic carbocycles. The first-order chi connectivity index (χ1) is 8.10. The molecule has 4 nitrogen and oxygen atoms in total. The number of rotatable bonds is 5. The van der Waals surface area contributed by atoms with Crippen LogP contribution in [0.5, 0.6) is 0 Å². The van der Waals surface area contributed by atoms with Gasteiger partial charge in [-0.05, 0) is 18.6 Å². The predicted octanol–water partition coefficient (Wildman–Crippen LogP) is 1.58. The average molecular weight is 244 g/mol. The molecule has 0 fully saturated rings. The summed E-state index contributed by atoms with van der Waals surface area (Å²) in [4.78, 5) is 15.0. The average Bonchev–Trinajstić information content (AvgIpc) is 2.28. The van der Waals surface area contributed by atoms with E-state index in [9.17, 15) is 13.6 Å². The van der Waals surface area contributed by atoms with E-state index in [2.05, 4.69) is 4.98 Å². The van der Waals surface area contributed by atoms with Gasteiger partial charge in [-0.2, -0.15) is 0 Å². The van der Waals surface area contributed by atoms with Gasteiger partial charge in [-0.1, -0.05) is 0 Å². The molecular weight excluding hydrogens is 230 g/mol. The van der Waals surface area contributed by atoms with E-state index in [1.807, 2.05) is 0 Å². The van der Waals surface area contributed by atoms with Crippen LogP contribution in [0.2, 0.25) is 0 Å². The van der Waals surface area contributed by atoms with Crippen molar-refractivity contribution in [1.29, 1.82) is 0 Å². The lowest BCUT2D eigenvalue weighted by molar-refractivity contribution is -0.142. The van der Waals surface area contributed by atoms with Crippen LogP contribution in [0.15, 0.2) is 12.3 Å². The Morgan fingerprint density at radius 1 is 1.59 bits per heavy atom.